The van der Waals surface area contributed by atoms with E-state index in [0.717, 1.165) is 6.54 Å². The molecule has 1 aromatic heterocycles. The smallest absolute Gasteiger partial charge is 0.287 e. The summed E-state index contributed by atoms with van der Waals surface area (Å²) in [6.07, 6.45) is 2.46. The molecule has 1 amide bonds. The van der Waals surface area contributed by atoms with Crippen LogP contribution in [0.4, 0.5) is 0 Å². The van der Waals surface area contributed by atoms with Gasteiger partial charge in [-0.3, -0.25) is 4.79 Å². The average Bonchev–Trinajstić information content (AvgIpc) is 2.94. The molecule has 1 fully saturated rings. The second-order valence-corrected chi connectivity index (χ2v) is 3.85. The summed E-state index contributed by atoms with van der Waals surface area (Å²) in [6, 6.07) is 3.44. The molecule has 1 heterocycles. The fourth-order valence-corrected chi connectivity index (χ4v) is 1.37. The summed E-state index contributed by atoms with van der Waals surface area (Å²) in [7, 11) is 1.59. The van der Waals surface area contributed by atoms with Crippen molar-refractivity contribution in [3.05, 3.63) is 23.7 Å². The summed E-state index contributed by atoms with van der Waals surface area (Å²) in [5.41, 5.74) is 0. The summed E-state index contributed by atoms with van der Waals surface area (Å²) in [5.74, 6) is 1.59. The van der Waals surface area contributed by atoms with Crippen molar-refractivity contribution in [2.45, 2.75) is 19.4 Å². The number of amides is 1. The fourth-order valence-electron chi connectivity index (χ4n) is 1.37. The molecule has 1 N–H and O–H groups in total. The van der Waals surface area contributed by atoms with E-state index >= 15 is 0 Å². The SMILES string of the molecule is COCc1ccc(C(=O)NCC2CC2)o1. The normalized spacial score (nSPS) is 15.3. The van der Waals surface area contributed by atoms with Crippen LogP contribution in [0, 0.1) is 5.92 Å². The van der Waals surface area contributed by atoms with Crippen molar-refractivity contribution in [2.75, 3.05) is 13.7 Å². The fraction of sp³-hybridized carbons (Fsp3) is 0.545. The van der Waals surface area contributed by atoms with E-state index in [1.165, 1.54) is 12.8 Å². The summed E-state index contributed by atoms with van der Waals surface area (Å²) >= 11 is 0. The van der Waals surface area contributed by atoms with Gasteiger partial charge in [0.25, 0.3) is 5.91 Å². The first kappa shape index (κ1) is 10.2. The van der Waals surface area contributed by atoms with Gasteiger partial charge in [0.1, 0.15) is 12.4 Å². The molecule has 0 unspecified atom stereocenters. The third kappa shape index (κ3) is 2.83. The number of hydrogen-bond donors (Lipinski definition) is 1. The number of rotatable bonds is 5. The van der Waals surface area contributed by atoms with Crippen molar-refractivity contribution in [1.82, 2.24) is 5.32 Å². The lowest BCUT2D eigenvalue weighted by molar-refractivity contribution is 0.0915. The number of hydrogen-bond acceptors (Lipinski definition) is 3. The quantitative estimate of drug-likeness (QED) is 0.800. The van der Waals surface area contributed by atoms with Crippen LogP contribution in [0.15, 0.2) is 16.5 Å². The lowest BCUT2D eigenvalue weighted by atomic mass is 10.3. The highest BCUT2D eigenvalue weighted by molar-refractivity contribution is 5.91. The zero-order valence-corrected chi connectivity index (χ0v) is 8.79. The minimum Gasteiger partial charge on any atom is -0.453 e. The van der Waals surface area contributed by atoms with Crippen LogP contribution < -0.4 is 5.32 Å². The Labute approximate surface area is 88.6 Å². The van der Waals surface area contributed by atoms with Gasteiger partial charge >= 0.3 is 0 Å². The summed E-state index contributed by atoms with van der Waals surface area (Å²) in [4.78, 5) is 11.5. The van der Waals surface area contributed by atoms with E-state index < -0.39 is 0 Å². The van der Waals surface area contributed by atoms with Crippen LogP contribution in [-0.4, -0.2) is 19.6 Å². The zero-order chi connectivity index (χ0) is 10.7. The lowest BCUT2D eigenvalue weighted by Gasteiger charge is -2.00. The number of ether oxygens (including phenoxy) is 1. The molecule has 1 aromatic rings. The Balaban J connectivity index is 1.86. The van der Waals surface area contributed by atoms with Gasteiger partial charge in [0.05, 0.1) is 0 Å². The van der Waals surface area contributed by atoms with E-state index in [4.69, 9.17) is 9.15 Å². The number of furan rings is 1. The van der Waals surface area contributed by atoms with Crippen LogP contribution >= 0.6 is 0 Å². The first-order valence-electron chi connectivity index (χ1n) is 5.15. The van der Waals surface area contributed by atoms with Gasteiger partial charge in [-0.2, -0.15) is 0 Å². The van der Waals surface area contributed by atoms with Crippen LogP contribution in [0.5, 0.6) is 0 Å². The van der Waals surface area contributed by atoms with E-state index in [-0.39, 0.29) is 5.91 Å². The van der Waals surface area contributed by atoms with E-state index in [9.17, 15) is 4.79 Å². The molecule has 0 bridgehead atoms. The van der Waals surface area contributed by atoms with Crippen molar-refractivity contribution < 1.29 is 13.9 Å². The Morgan fingerprint density at radius 1 is 1.60 bits per heavy atom. The van der Waals surface area contributed by atoms with Crippen molar-refractivity contribution in [3.63, 3.8) is 0 Å². The Kier molecular flexibility index (Phi) is 3.06. The molecule has 82 valence electrons. The van der Waals surface area contributed by atoms with Gasteiger partial charge in [0.15, 0.2) is 5.76 Å². The Morgan fingerprint density at radius 3 is 3.07 bits per heavy atom. The van der Waals surface area contributed by atoms with Crippen LogP contribution in [0.25, 0.3) is 0 Å². The van der Waals surface area contributed by atoms with Gasteiger partial charge in [-0.1, -0.05) is 0 Å². The van der Waals surface area contributed by atoms with Crippen LogP contribution in [0.1, 0.15) is 29.2 Å². The van der Waals surface area contributed by atoms with Gasteiger partial charge < -0.3 is 14.5 Å². The maximum Gasteiger partial charge on any atom is 0.287 e. The number of methoxy groups -OCH3 is 1. The molecule has 1 saturated carbocycles. The van der Waals surface area contributed by atoms with E-state index in [1.54, 1.807) is 19.2 Å². The highest BCUT2D eigenvalue weighted by Crippen LogP contribution is 2.27. The predicted molar refractivity (Wildman–Crippen MR) is 54.5 cm³/mol. The predicted octanol–water partition coefficient (Wildman–Crippen LogP) is 1.57. The standard InChI is InChI=1S/C11H15NO3/c1-14-7-9-4-5-10(15-9)11(13)12-6-8-2-3-8/h4-5,8H,2-3,6-7H2,1H3,(H,12,13). The van der Waals surface area contributed by atoms with Gasteiger partial charge in [0, 0.05) is 13.7 Å². The van der Waals surface area contributed by atoms with Crippen molar-refractivity contribution >= 4 is 5.91 Å². The first-order chi connectivity index (χ1) is 7.29. The highest BCUT2D eigenvalue weighted by atomic mass is 16.5. The molecule has 0 aromatic carbocycles. The number of carbonyl (C=O) groups is 1. The minimum absolute atomic E-state index is 0.135. The number of nitrogens with one attached hydrogen (secondary N) is 1. The molecule has 0 spiro atoms. The highest BCUT2D eigenvalue weighted by Gasteiger charge is 2.22. The van der Waals surface area contributed by atoms with E-state index in [2.05, 4.69) is 5.32 Å². The third-order valence-electron chi connectivity index (χ3n) is 2.42. The van der Waals surface area contributed by atoms with Gasteiger partial charge in [-0.15, -0.1) is 0 Å². The van der Waals surface area contributed by atoms with Crippen molar-refractivity contribution in [3.8, 4) is 0 Å². The van der Waals surface area contributed by atoms with Gasteiger partial charge in [0.2, 0.25) is 0 Å². The van der Waals surface area contributed by atoms with Crippen LogP contribution in [-0.2, 0) is 11.3 Å². The molecular weight excluding hydrogens is 194 g/mol. The summed E-state index contributed by atoms with van der Waals surface area (Å²) < 4.78 is 10.2. The maximum atomic E-state index is 11.5. The largest absolute Gasteiger partial charge is 0.453 e. The zero-order valence-electron chi connectivity index (χ0n) is 8.79. The van der Waals surface area contributed by atoms with Crippen molar-refractivity contribution in [2.24, 2.45) is 5.92 Å². The lowest BCUT2D eigenvalue weighted by Crippen LogP contribution is -2.24. The van der Waals surface area contributed by atoms with E-state index in [0.29, 0.717) is 24.0 Å². The molecule has 2 rings (SSSR count). The molecule has 4 heteroatoms. The van der Waals surface area contributed by atoms with Gasteiger partial charge in [-0.05, 0) is 30.9 Å². The summed E-state index contributed by atoms with van der Waals surface area (Å²) in [5, 5.41) is 2.84. The molecule has 0 radical (unpaired) electrons. The van der Waals surface area contributed by atoms with Crippen molar-refractivity contribution in [1.29, 1.82) is 0 Å². The third-order valence-corrected chi connectivity index (χ3v) is 2.42. The molecular formula is C11H15NO3. The second-order valence-electron chi connectivity index (χ2n) is 3.85. The number of carbonyl (C=O) groups excluding carboxylic acids is 1. The van der Waals surface area contributed by atoms with E-state index in [1.807, 2.05) is 0 Å². The molecule has 15 heavy (non-hydrogen) atoms. The van der Waals surface area contributed by atoms with Crippen LogP contribution in [0.3, 0.4) is 0 Å². The molecule has 1 aliphatic rings. The Bertz CT molecular complexity index is 341. The Morgan fingerprint density at radius 2 is 2.40 bits per heavy atom. The topological polar surface area (TPSA) is 51.5 Å². The first-order valence-corrected chi connectivity index (χ1v) is 5.15. The maximum absolute atomic E-state index is 11.5. The molecule has 1 aliphatic carbocycles. The minimum atomic E-state index is -0.135. The Hall–Kier alpha value is -1.29. The molecule has 4 nitrogen and oxygen atoms in total. The molecule has 0 saturated heterocycles. The average molecular weight is 209 g/mol. The molecule has 0 aliphatic heterocycles. The van der Waals surface area contributed by atoms with Gasteiger partial charge in [-0.25, -0.2) is 0 Å². The monoisotopic (exact) mass is 209 g/mol. The van der Waals surface area contributed by atoms with Crippen LogP contribution in [0.2, 0.25) is 0 Å². The summed E-state index contributed by atoms with van der Waals surface area (Å²) in [6.45, 7) is 1.16. The molecule has 0 atom stereocenters. The second kappa shape index (κ2) is 4.49.